The quantitative estimate of drug-likeness (QED) is 0.488. The maximum atomic E-state index is 11.9. The molecule has 0 aliphatic carbocycles. The molecular formula is C21H21ClN4O2. The number of carbonyl (C=O) groups excluding carboxylic acids is 1. The van der Waals surface area contributed by atoms with Gasteiger partial charge < -0.3 is 4.74 Å². The van der Waals surface area contributed by atoms with Gasteiger partial charge in [-0.15, -0.1) is 0 Å². The minimum atomic E-state index is -0.358. The van der Waals surface area contributed by atoms with Crippen molar-refractivity contribution in [2.75, 3.05) is 6.61 Å². The van der Waals surface area contributed by atoms with Gasteiger partial charge in [0, 0.05) is 0 Å². The molecule has 0 saturated carbocycles. The number of aryl methyl sites for hydroxylation is 2. The molecule has 7 heteroatoms. The topological polar surface area (TPSA) is 68.5 Å². The van der Waals surface area contributed by atoms with E-state index in [2.05, 4.69) is 15.6 Å². The van der Waals surface area contributed by atoms with E-state index >= 15 is 0 Å². The summed E-state index contributed by atoms with van der Waals surface area (Å²) in [6.07, 6.45) is 1.50. The third-order valence-electron chi connectivity index (χ3n) is 4.03. The number of nitrogens with one attached hydrogen (secondary N) is 1. The van der Waals surface area contributed by atoms with Crippen molar-refractivity contribution in [3.05, 3.63) is 82.1 Å². The van der Waals surface area contributed by atoms with Crippen molar-refractivity contribution in [3.63, 3.8) is 0 Å². The van der Waals surface area contributed by atoms with Crippen LogP contribution in [-0.2, 0) is 11.3 Å². The van der Waals surface area contributed by atoms with E-state index in [0.717, 1.165) is 16.8 Å². The van der Waals surface area contributed by atoms with Crippen LogP contribution in [0.3, 0.4) is 0 Å². The van der Waals surface area contributed by atoms with Gasteiger partial charge in [-0.1, -0.05) is 54.1 Å². The Balaban J connectivity index is 1.57. The van der Waals surface area contributed by atoms with Crippen LogP contribution in [0.1, 0.15) is 22.4 Å². The molecule has 3 rings (SSSR count). The molecule has 0 aliphatic heterocycles. The first-order valence-electron chi connectivity index (χ1n) is 8.81. The van der Waals surface area contributed by atoms with E-state index in [1.807, 2.05) is 62.4 Å². The van der Waals surface area contributed by atoms with Crippen LogP contribution in [0.5, 0.6) is 5.75 Å². The second-order valence-corrected chi connectivity index (χ2v) is 6.69. The number of amides is 1. The second-order valence-electron chi connectivity index (χ2n) is 6.33. The number of benzene rings is 2. The number of hydrogen-bond acceptors (Lipinski definition) is 4. The lowest BCUT2D eigenvalue weighted by molar-refractivity contribution is -0.123. The van der Waals surface area contributed by atoms with Crippen LogP contribution in [0.2, 0.25) is 5.15 Å². The minimum absolute atomic E-state index is 0.124. The van der Waals surface area contributed by atoms with Gasteiger partial charge in [-0.05, 0) is 37.1 Å². The molecule has 0 spiro atoms. The molecule has 2 aromatic carbocycles. The number of carbonyl (C=O) groups is 1. The van der Waals surface area contributed by atoms with Crippen molar-refractivity contribution in [1.29, 1.82) is 0 Å². The van der Waals surface area contributed by atoms with Gasteiger partial charge in [-0.3, -0.25) is 4.79 Å². The van der Waals surface area contributed by atoms with Crippen LogP contribution < -0.4 is 10.2 Å². The molecule has 3 aromatic rings. The Labute approximate surface area is 168 Å². The van der Waals surface area contributed by atoms with E-state index in [1.54, 1.807) is 10.7 Å². The zero-order valence-corrected chi connectivity index (χ0v) is 16.5. The van der Waals surface area contributed by atoms with Crippen molar-refractivity contribution in [3.8, 4) is 5.75 Å². The summed E-state index contributed by atoms with van der Waals surface area (Å²) in [6, 6.07) is 17.4. The summed E-state index contributed by atoms with van der Waals surface area (Å²) >= 11 is 6.42. The van der Waals surface area contributed by atoms with Crippen LogP contribution in [0.15, 0.2) is 59.7 Å². The molecule has 1 N–H and O–H groups in total. The van der Waals surface area contributed by atoms with Gasteiger partial charge in [0.25, 0.3) is 5.91 Å². The van der Waals surface area contributed by atoms with Gasteiger partial charge in [-0.2, -0.15) is 10.2 Å². The monoisotopic (exact) mass is 396 g/mol. The maximum absolute atomic E-state index is 11.9. The zero-order chi connectivity index (χ0) is 19.9. The summed E-state index contributed by atoms with van der Waals surface area (Å²) in [7, 11) is 0. The SMILES string of the molecule is Cc1cccc(OCC(=O)N/N=C/c2c(C)nn(Cc3ccccc3)c2Cl)c1. The Bertz CT molecular complexity index is 983. The maximum Gasteiger partial charge on any atom is 0.277 e. The average molecular weight is 397 g/mol. The summed E-state index contributed by atoms with van der Waals surface area (Å²) in [4.78, 5) is 11.9. The first kappa shape index (κ1) is 19.6. The summed E-state index contributed by atoms with van der Waals surface area (Å²) in [5.74, 6) is 0.281. The van der Waals surface area contributed by atoms with E-state index < -0.39 is 0 Å². The number of rotatable bonds is 7. The molecule has 0 atom stereocenters. The minimum Gasteiger partial charge on any atom is -0.484 e. The molecule has 0 fully saturated rings. The zero-order valence-electron chi connectivity index (χ0n) is 15.7. The molecule has 0 radical (unpaired) electrons. The molecule has 6 nitrogen and oxygen atoms in total. The van der Waals surface area contributed by atoms with Crippen LogP contribution in [0.25, 0.3) is 0 Å². The normalized spacial score (nSPS) is 11.0. The fraction of sp³-hybridized carbons (Fsp3) is 0.190. The van der Waals surface area contributed by atoms with E-state index in [0.29, 0.717) is 23.0 Å². The fourth-order valence-corrected chi connectivity index (χ4v) is 2.91. The van der Waals surface area contributed by atoms with E-state index in [9.17, 15) is 4.79 Å². The highest BCUT2D eigenvalue weighted by Gasteiger charge is 2.12. The van der Waals surface area contributed by atoms with Crippen molar-refractivity contribution >= 4 is 23.7 Å². The van der Waals surface area contributed by atoms with Crippen molar-refractivity contribution in [2.45, 2.75) is 20.4 Å². The molecule has 0 aliphatic rings. The predicted octanol–water partition coefficient (Wildman–Crippen LogP) is 3.73. The molecule has 0 unspecified atom stereocenters. The molecule has 1 heterocycles. The lowest BCUT2D eigenvalue weighted by atomic mass is 10.2. The standard InChI is InChI=1S/C21H21ClN4O2/c1-15-7-6-10-18(11-15)28-14-20(27)24-23-12-19-16(2)25-26(21(19)22)13-17-8-4-3-5-9-17/h3-12H,13-14H2,1-2H3,(H,24,27)/b23-12+. The predicted molar refractivity (Wildman–Crippen MR) is 110 cm³/mol. The Morgan fingerprint density at radius 1 is 1.21 bits per heavy atom. The van der Waals surface area contributed by atoms with Gasteiger partial charge in [0.15, 0.2) is 6.61 Å². The number of aromatic nitrogens is 2. The van der Waals surface area contributed by atoms with Crippen molar-refractivity contribution < 1.29 is 9.53 Å². The molecular weight excluding hydrogens is 376 g/mol. The summed E-state index contributed by atoms with van der Waals surface area (Å²) in [5.41, 5.74) is 5.99. The number of nitrogens with zero attached hydrogens (tertiary/aromatic N) is 3. The van der Waals surface area contributed by atoms with Gasteiger partial charge in [0.2, 0.25) is 0 Å². The number of hydrazone groups is 1. The largest absolute Gasteiger partial charge is 0.484 e. The molecule has 28 heavy (non-hydrogen) atoms. The average Bonchev–Trinajstić information content (AvgIpc) is 2.94. The Morgan fingerprint density at radius 3 is 2.75 bits per heavy atom. The third-order valence-corrected chi connectivity index (χ3v) is 4.43. The third kappa shape index (κ3) is 5.20. The number of hydrogen-bond donors (Lipinski definition) is 1. The molecule has 0 bridgehead atoms. The van der Waals surface area contributed by atoms with Crippen LogP contribution in [-0.4, -0.2) is 28.5 Å². The van der Waals surface area contributed by atoms with Crippen molar-refractivity contribution in [1.82, 2.24) is 15.2 Å². The summed E-state index contributed by atoms with van der Waals surface area (Å²) in [6.45, 7) is 4.24. The van der Waals surface area contributed by atoms with Crippen LogP contribution in [0, 0.1) is 13.8 Å². The van der Waals surface area contributed by atoms with Gasteiger partial charge in [0.1, 0.15) is 10.9 Å². The molecule has 1 amide bonds. The second kappa shape index (κ2) is 9.19. The van der Waals surface area contributed by atoms with Gasteiger partial charge in [0.05, 0.1) is 24.0 Å². The van der Waals surface area contributed by atoms with E-state index in [-0.39, 0.29) is 12.5 Å². The highest BCUT2D eigenvalue weighted by Crippen LogP contribution is 2.19. The van der Waals surface area contributed by atoms with E-state index in [1.165, 1.54) is 6.21 Å². The molecule has 144 valence electrons. The summed E-state index contributed by atoms with van der Waals surface area (Å²) in [5, 5.41) is 8.88. The first-order valence-corrected chi connectivity index (χ1v) is 9.19. The van der Waals surface area contributed by atoms with Crippen LogP contribution in [0.4, 0.5) is 0 Å². The lowest BCUT2D eigenvalue weighted by Crippen LogP contribution is -2.24. The Hall–Kier alpha value is -3.12. The molecule has 0 saturated heterocycles. The Kier molecular flexibility index (Phi) is 6.45. The van der Waals surface area contributed by atoms with E-state index in [4.69, 9.17) is 16.3 Å². The van der Waals surface area contributed by atoms with Crippen molar-refractivity contribution in [2.24, 2.45) is 5.10 Å². The van der Waals surface area contributed by atoms with Gasteiger partial charge in [-0.25, -0.2) is 10.1 Å². The van der Waals surface area contributed by atoms with Crippen LogP contribution >= 0.6 is 11.6 Å². The smallest absolute Gasteiger partial charge is 0.277 e. The highest BCUT2D eigenvalue weighted by atomic mass is 35.5. The lowest BCUT2D eigenvalue weighted by Gasteiger charge is -2.05. The summed E-state index contributed by atoms with van der Waals surface area (Å²) < 4.78 is 7.15. The Morgan fingerprint density at radius 2 is 2.00 bits per heavy atom. The number of halogens is 1. The first-order chi connectivity index (χ1) is 13.5. The number of ether oxygens (including phenoxy) is 1. The highest BCUT2D eigenvalue weighted by molar-refractivity contribution is 6.32. The molecule has 1 aromatic heterocycles. The fourth-order valence-electron chi connectivity index (χ4n) is 2.63. The van der Waals surface area contributed by atoms with Gasteiger partial charge >= 0.3 is 0 Å².